The van der Waals surface area contributed by atoms with Gasteiger partial charge >= 0.3 is 5.97 Å². The largest absolute Gasteiger partial charge is 0.494 e. The number of rotatable bonds is 11. The average molecular weight is 455 g/mol. The van der Waals surface area contributed by atoms with Crippen LogP contribution < -0.4 is 15.4 Å². The Morgan fingerprint density at radius 3 is 2.03 bits per heavy atom. The minimum absolute atomic E-state index is 0.222. The molecule has 0 heterocycles. The van der Waals surface area contributed by atoms with Crippen molar-refractivity contribution >= 4 is 23.5 Å². The summed E-state index contributed by atoms with van der Waals surface area (Å²) < 4.78 is 10.6. The molecular formula is C26H34N2O5. The third kappa shape index (κ3) is 7.34. The lowest BCUT2D eigenvalue weighted by molar-refractivity contribution is -0.150. The molecule has 0 aliphatic heterocycles. The Kier molecular flexibility index (Phi) is 9.91. The zero-order chi connectivity index (χ0) is 24.4. The number of hydrogen-bond donors (Lipinski definition) is 2. The molecule has 2 rings (SSSR count). The van der Waals surface area contributed by atoms with E-state index in [1.54, 1.807) is 38.1 Å². The van der Waals surface area contributed by atoms with Gasteiger partial charge in [-0.2, -0.15) is 0 Å². The Hall–Kier alpha value is -3.35. The fraction of sp³-hybridized carbons (Fsp3) is 0.423. The van der Waals surface area contributed by atoms with Crippen molar-refractivity contribution in [1.29, 1.82) is 0 Å². The van der Waals surface area contributed by atoms with Crippen molar-refractivity contribution in [3.8, 4) is 5.75 Å². The van der Waals surface area contributed by atoms with Crippen molar-refractivity contribution in [1.82, 2.24) is 5.32 Å². The van der Waals surface area contributed by atoms with Crippen molar-refractivity contribution < 1.29 is 23.9 Å². The normalized spacial score (nSPS) is 11.6. The van der Waals surface area contributed by atoms with Crippen molar-refractivity contribution in [3.05, 3.63) is 59.2 Å². The Bertz CT molecular complexity index is 931. The number of para-hydroxylation sites is 1. The van der Waals surface area contributed by atoms with E-state index in [4.69, 9.17) is 9.47 Å². The maximum Gasteiger partial charge on any atom is 0.329 e. The highest BCUT2D eigenvalue weighted by Crippen LogP contribution is 2.22. The molecule has 0 saturated heterocycles. The molecule has 0 aromatic heterocycles. The van der Waals surface area contributed by atoms with Gasteiger partial charge in [-0.1, -0.05) is 45.9 Å². The number of benzene rings is 2. The lowest BCUT2D eigenvalue weighted by Gasteiger charge is -2.21. The number of amides is 2. The first kappa shape index (κ1) is 25.9. The number of carbonyl (C=O) groups excluding carboxylic acids is 3. The van der Waals surface area contributed by atoms with Gasteiger partial charge in [-0.3, -0.25) is 9.59 Å². The molecule has 0 bridgehead atoms. The average Bonchev–Trinajstić information content (AvgIpc) is 2.81. The van der Waals surface area contributed by atoms with E-state index in [0.717, 1.165) is 29.7 Å². The molecule has 2 aromatic rings. The maximum atomic E-state index is 12.7. The van der Waals surface area contributed by atoms with E-state index < -0.39 is 30.4 Å². The molecule has 7 nitrogen and oxygen atoms in total. The second-order valence-electron chi connectivity index (χ2n) is 7.97. The lowest BCUT2D eigenvalue weighted by atomic mass is 10.0. The number of esters is 1. The van der Waals surface area contributed by atoms with Gasteiger partial charge in [0.15, 0.2) is 6.61 Å². The van der Waals surface area contributed by atoms with Gasteiger partial charge in [0.25, 0.3) is 11.8 Å². The number of hydrogen-bond acceptors (Lipinski definition) is 5. The van der Waals surface area contributed by atoms with E-state index >= 15 is 0 Å². The summed E-state index contributed by atoms with van der Waals surface area (Å²) in [4.78, 5) is 37.8. The highest BCUT2D eigenvalue weighted by Gasteiger charge is 2.27. The molecule has 0 saturated carbocycles. The van der Waals surface area contributed by atoms with E-state index in [0.29, 0.717) is 17.9 Å². The van der Waals surface area contributed by atoms with Crippen molar-refractivity contribution in [3.63, 3.8) is 0 Å². The van der Waals surface area contributed by atoms with Gasteiger partial charge in [0, 0.05) is 11.3 Å². The van der Waals surface area contributed by atoms with Crippen LogP contribution in [0, 0.1) is 5.92 Å². The van der Waals surface area contributed by atoms with Gasteiger partial charge in [-0.15, -0.1) is 0 Å². The van der Waals surface area contributed by atoms with E-state index in [2.05, 4.69) is 10.6 Å². The zero-order valence-corrected chi connectivity index (χ0v) is 20.1. The molecule has 0 radical (unpaired) electrons. The zero-order valence-electron chi connectivity index (χ0n) is 20.1. The third-order valence-electron chi connectivity index (χ3n) is 5.24. The molecule has 0 aliphatic rings. The molecular weight excluding hydrogens is 420 g/mol. The van der Waals surface area contributed by atoms with Crippen LogP contribution in [0.2, 0.25) is 0 Å². The Morgan fingerprint density at radius 1 is 0.909 bits per heavy atom. The first-order valence-corrected chi connectivity index (χ1v) is 11.4. The van der Waals surface area contributed by atoms with Crippen molar-refractivity contribution in [2.75, 3.05) is 18.5 Å². The number of nitrogens with one attached hydrogen (secondary N) is 2. The second kappa shape index (κ2) is 12.6. The van der Waals surface area contributed by atoms with Gasteiger partial charge in [0.2, 0.25) is 0 Å². The van der Waals surface area contributed by atoms with Crippen LogP contribution in [-0.2, 0) is 27.2 Å². The first-order chi connectivity index (χ1) is 15.8. The molecule has 178 valence electrons. The number of anilines is 1. The second-order valence-corrected chi connectivity index (χ2v) is 7.97. The minimum atomic E-state index is -0.883. The predicted molar refractivity (Wildman–Crippen MR) is 128 cm³/mol. The summed E-state index contributed by atoms with van der Waals surface area (Å²) in [6.07, 6.45) is 1.55. The maximum absolute atomic E-state index is 12.7. The van der Waals surface area contributed by atoms with E-state index in [1.807, 2.05) is 39.0 Å². The van der Waals surface area contributed by atoms with Crippen LogP contribution in [0.1, 0.15) is 56.1 Å². The van der Waals surface area contributed by atoms with Gasteiger partial charge in [-0.25, -0.2) is 4.79 Å². The molecule has 2 aromatic carbocycles. The van der Waals surface area contributed by atoms with Crippen LogP contribution >= 0.6 is 0 Å². The van der Waals surface area contributed by atoms with E-state index in [9.17, 15) is 14.4 Å². The van der Waals surface area contributed by atoms with Crippen molar-refractivity contribution in [2.24, 2.45) is 5.92 Å². The fourth-order valence-electron chi connectivity index (χ4n) is 3.40. The van der Waals surface area contributed by atoms with E-state index in [-0.39, 0.29) is 5.92 Å². The topological polar surface area (TPSA) is 93.7 Å². The molecule has 2 N–H and O–H groups in total. The summed E-state index contributed by atoms with van der Waals surface area (Å²) in [5.41, 5.74) is 3.22. The Morgan fingerprint density at radius 2 is 1.52 bits per heavy atom. The van der Waals surface area contributed by atoms with Gasteiger partial charge in [-0.05, 0) is 61.1 Å². The van der Waals surface area contributed by atoms with Crippen LogP contribution in [0.5, 0.6) is 5.75 Å². The summed E-state index contributed by atoms with van der Waals surface area (Å²) in [5, 5.41) is 5.58. The van der Waals surface area contributed by atoms with Gasteiger partial charge in [0.05, 0.1) is 6.61 Å². The van der Waals surface area contributed by atoms with Crippen LogP contribution in [0.4, 0.5) is 5.69 Å². The third-order valence-corrected chi connectivity index (χ3v) is 5.24. The quantitative estimate of drug-likeness (QED) is 0.498. The number of aryl methyl sites for hydroxylation is 2. The molecule has 1 unspecified atom stereocenters. The predicted octanol–water partition coefficient (Wildman–Crippen LogP) is 4.15. The van der Waals surface area contributed by atoms with Gasteiger partial charge in [0.1, 0.15) is 11.8 Å². The molecule has 2 amide bonds. The monoisotopic (exact) mass is 454 g/mol. The first-order valence-electron chi connectivity index (χ1n) is 11.4. The Balaban J connectivity index is 1.98. The lowest BCUT2D eigenvalue weighted by Crippen LogP contribution is -2.45. The highest BCUT2D eigenvalue weighted by atomic mass is 16.5. The van der Waals surface area contributed by atoms with E-state index in [1.165, 1.54) is 0 Å². The molecule has 33 heavy (non-hydrogen) atoms. The summed E-state index contributed by atoms with van der Waals surface area (Å²) >= 11 is 0. The molecule has 7 heteroatoms. The number of ether oxygens (including phenoxy) is 2. The molecule has 0 spiro atoms. The molecule has 0 fully saturated rings. The van der Waals surface area contributed by atoms with Gasteiger partial charge < -0.3 is 20.1 Å². The fourth-order valence-corrected chi connectivity index (χ4v) is 3.40. The SMILES string of the molecule is CCOc1ccc(C(=O)NC(C(=O)OCC(=O)Nc2c(CC)cccc2CC)C(C)C)cc1. The van der Waals surface area contributed by atoms with Crippen LogP contribution in [0.25, 0.3) is 0 Å². The smallest absolute Gasteiger partial charge is 0.329 e. The van der Waals surface area contributed by atoms with Crippen molar-refractivity contribution in [2.45, 2.75) is 53.5 Å². The van der Waals surface area contributed by atoms with Crippen LogP contribution in [0.15, 0.2) is 42.5 Å². The number of carbonyl (C=O) groups is 3. The summed E-state index contributed by atoms with van der Waals surface area (Å²) in [5.74, 6) is -1.03. The summed E-state index contributed by atoms with van der Waals surface area (Å²) in [7, 11) is 0. The molecule has 1 atom stereocenters. The molecule has 0 aliphatic carbocycles. The summed E-state index contributed by atoms with van der Waals surface area (Å²) in [6, 6.07) is 11.7. The Labute approximate surface area is 195 Å². The highest BCUT2D eigenvalue weighted by molar-refractivity contribution is 5.98. The summed E-state index contributed by atoms with van der Waals surface area (Å²) in [6.45, 7) is 9.62. The standard InChI is InChI=1S/C26H34N2O5/c1-6-18-10-9-11-19(7-2)24(18)27-22(29)16-33-26(31)23(17(4)5)28-25(30)20-12-14-21(15-13-20)32-8-3/h9-15,17,23H,6-8,16H2,1-5H3,(H,27,29)(H,28,30). The van der Waals surface area contributed by atoms with Crippen LogP contribution in [-0.4, -0.2) is 37.0 Å². The van der Waals surface area contributed by atoms with Crippen LogP contribution in [0.3, 0.4) is 0 Å². The minimum Gasteiger partial charge on any atom is -0.494 e.